The highest BCUT2D eigenvalue weighted by Gasteiger charge is 2.41. The Labute approximate surface area is 163 Å². The van der Waals surface area contributed by atoms with Crippen LogP contribution in [0.1, 0.15) is 34.6 Å². The number of hydrogen-bond acceptors (Lipinski definition) is 4. The van der Waals surface area contributed by atoms with Crippen LogP contribution in [0.3, 0.4) is 0 Å². The lowest BCUT2D eigenvalue weighted by Crippen LogP contribution is -2.58. The molecule has 0 aromatic heterocycles. The van der Waals surface area contributed by atoms with Gasteiger partial charge in [-0.2, -0.15) is 0 Å². The van der Waals surface area contributed by atoms with Gasteiger partial charge in [-0.15, -0.1) is 24.0 Å². The predicted molar refractivity (Wildman–Crippen MR) is 109 cm³/mol. The molecule has 1 aliphatic heterocycles. The molecule has 0 aliphatic carbocycles. The first-order valence-corrected chi connectivity index (χ1v) is 9.58. The van der Waals surface area contributed by atoms with Gasteiger partial charge in [0.25, 0.3) is 0 Å². The molecule has 1 saturated heterocycles. The number of guanidine groups is 1. The zero-order chi connectivity index (χ0) is 17.9. The molecule has 0 aromatic rings. The van der Waals surface area contributed by atoms with Crippen LogP contribution in [0.2, 0.25) is 0 Å². The van der Waals surface area contributed by atoms with Gasteiger partial charge in [0.15, 0.2) is 15.8 Å². The lowest BCUT2D eigenvalue weighted by Gasteiger charge is -2.39. The average molecular weight is 474 g/mol. The standard InChI is InChI=1S/C15H30N4O3S.HI/c1-7-17-12(20)14(2,3)10-18-13(16-6)19-8-9-23(21,22)15(4,5)11-19;/h7-11H2,1-6H3,(H,16,18)(H,17,20);1H. The summed E-state index contributed by atoms with van der Waals surface area (Å²) >= 11 is 0. The number of carbonyl (C=O) groups excluding carboxylic acids is 1. The van der Waals surface area contributed by atoms with Gasteiger partial charge in [0.1, 0.15) is 0 Å². The molecule has 1 rings (SSSR count). The molecule has 2 N–H and O–H groups in total. The van der Waals surface area contributed by atoms with Crippen LogP contribution in [0.15, 0.2) is 4.99 Å². The van der Waals surface area contributed by atoms with E-state index in [9.17, 15) is 13.2 Å². The molecule has 1 fully saturated rings. The minimum atomic E-state index is -3.09. The summed E-state index contributed by atoms with van der Waals surface area (Å²) in [6.45, 7) is 10.9. The van der Waals surface area contributed by atoms with Crippen molar-refractivity contribution in [2.75, 3.05) is 39.0 Å². The fourth-order valence-electron chi connectivity index (χ4n) is 2.44. The second-order valence-corrected chi connectivity index (χ2v) is 9.89. The van der Waals surface area contributed by atoms with Crippen molar-refractivity contribution in [2.24, 2.45) is 10.4 Å². The molecule has 9 heteroatoms. The van der Waals surface area contributed by atoms with Crippen molar-refractivity contribution in [3.8, 4) is 0 Å². The molecule has 24 heavy (non-hydrogen) atoms. The highest BCUT2D eigenvalue weighted by molar-refractivity contribution is 14.0. The smallest absolute Gasteiger partial charge is 0.227 e. The van der Waals surface area contributed by atoms with Crippen molar-refractivity contribution in [1.82, 2.24) is 15.5 Å². The van der Waals surface area contributed by atoms with Crippen LogP contribution in [0.4, 0.5) is 0 Å². The van der Waals surface area contributed by atoms with Gasteiger partial charge in [0.2, 0.25) is 5.91 Å². The zero-order valence-electron chi connectivity index (χ0n) is 15.5. The maximum absolute atomic E-state index is 12.1. The maximum atomic E-state index is 12.1. The van der Waals surface area contributed by atoms with Crippen LogP contribution in [0, 0.1) is 5.41 Å². The maximum Gasteiger partial charge on any atom is 0.227 e. The van der Waals surface area contributed by atoms with Crippen LogP contribution in [0.25, 0.3) is 0 Å². The second-order valence-electron chi connectivity index (χ2n) is 7.14. The van der Waals surface area contributed by atoms with Gasteiger partial charge in [-0.3, -0.25) is 9.79 Å². The minimum absolute atomic E-state index is 0. The average Bonchev–Trinajstić information content (AvgIpc) is 2.43. The number of carbonyl (C=O) groups is 1. The van der Waals surface area contributed by atoms with Gasteiger partial charge >= 0.3 is 0 Å². The summed E-state index contributed by atoms with van der Waals surface area (Å²) in [4.78, 5) is 18.2. The highest BCUT2D eigenvalue weighted by atomic mass is 127. The fraction of sp³-hybridized carbons (Fsp3) is 0.867. The summed E-state index contributed by atoms with van der Waals surface area (Å²) < 4.78 is 23.4. The van der Waals surface area contributed by atoms with E-state index in [-0.39, 0.29) is 35.6 Å². The topological polar surface area (TPSA) is 90.9 Å². The lowest BCUT2D eigenvalue weighted by atomic mass is 9.92. The Morgan fingerprint density at radius 3 is 2.33 bits per heavy atom. The van der Waals surface area contributed by atoms with Crippen molar-refractivity contribution >= 4 is 45.7 Å². The molecule has 142 valence electrons. The third kappa shape index (κ3) is 5.47. The quantitative estimate of drug-likeness (QED) is 0.358. The van der Waals surface area contributed by atoms with E-state index in [1.807, 2.05) is 25.7 Å². The van der Waals surface area contributed by atoms with E-state index < -0.39 is 20.0 Å². The third-order valence-electron chi connectivity index (χ3n) is 4.20. The molecule has 0 atom stereocenters. The lowest BCUT2D eigenvalue weighted by molar-refractivity contribution is -0.128. The summed E-state index contributed by atoms with van der Waals surface area (Å²) in [7, 11) is -1.42. The Balaban J connectivity index is 0.00000529. The van der Waals surface area contributed by atoms with Crippen molar-refractivity contribution in [3.63, 3.8) is 0 Å². The van der Waals surface area contributed by atoms with Crippen molar-refractivity contribution in [1.29, 1.82) is 0 Å². The molecule has 1 amide bonds. The molecule has 0 radical (unpaired) electrons. The molecule has 0 bridgehead atoms. The molecule has 0 spiro atoms. The molecule has 0 aromatic carbocycles. The van der Waals surface area contributed by atoms with E-state index >= 15 is 0 Å². The number of nitrogens with one attached hydrogen (secondary N) is 2. The first-order chi connectivity index (χ1) is 10.5. The molecule has 1 aliphatic rings. The number of amides is 1. The molecule has 0 unspecified atom stereocenters. The number of rotatable bonds is 4. The fourth-order valence-corrected chi connectivity index (χ4v) is 3.80. The summed E-state index contributed by atoms with van der Waals surface area (Å²) in [6, 6.07) is 0. The second kappa shape index (κ2) is 8.68. The Morgan fingerprint density at radius 2 is 1.88 bits per heavy atom. The van der Waals surface area contributed by atoms with Crippen LogP contribution in [-0.2, 0) is 14.6 Å². The number of halogens is 1. The van der Waals surface area contributed by atoms with Gasteiger partial charge in [-0.05, 0) is 34.6 Å². The van der Waals surface area contributed by atoms with E-state index in [1.54, 1.807) is 20.9 Å². The molecule has 7 nitrogen and oxygen atoms in total. The molecular weight excluding hydrogens is 443 g/mol. The molecular formula is C15H31IN4O3S. The molecule has 1 heterocycles. The first-order valence-electron chi connectivity index (χ1n) is 7.93. The van der Waals surface area contributed by atoms with E-state index in [0.717, 1.165) is 0 Å². The van der Waals surface area contributed by atoms with Gasteiger partial charge < -0.3 is 15.5 Å². The van der Waals surface area contributed by atoms with Crippen LogP contribution in [-0.4, -0.2) is 68.9 Å². The van der Waals surface area contributed by atoms with Crippen LogP contribution in [0.5, 0.6) is 0 Å². The number of hydrogen-bond donors (Lipinski definition) is 2. The van der Waals surface area contributed by atoms with E-state index in [4.69, 9.17) is 0 Å². The van der Waals surface area contributed by atoms with Crippen molar-refractivity contribution in [2.45, 2.75) is 39.4 Å². The van der Waals surface area contributed by atoms with Crippen LogP contribution < -0.4 is 10.6 Å². The SMILES string of the molecule is CCNC(=O)C(C)(C)CNC(=NC)N1CCS(=O)(=O)C(C)(C)C1.I. The Kier molecular flexibility index (Phi) is 8.47. The van der Waals surface area contributed by atoms with E-state index in [2.05, 4.69) is 15.6 Å². The zero-order valence-corrected chi connectivity index (χ0v) is 18.6. The first kappa shape index (κ1) is 23.4. The Morgan fingerprint density at radius 1 is 1.29 bits per heavy atom. The van der Waals surface area contributed by atoms with Crippen molar-refractivity contribution < 1.29 is 13.2 Å². The number of nitrogens with zero attached hydrogens (tertiary/aromatic N) is 2. The molecule has 0 saturated carbocycles. The van der Waals surface area contributed by atoms with Gasteiger partial charge in [-0.25, -0.2) is 8.42 Å². The highest BCUT2D eigenvalue weighted by Crippen LogP contribution is 2.24. The van der Waals surface area contributed by atoms with Gasteiger partial charge in [0.05, 0.1) is 15.9 Å². The van der Waals surface area contributed by atoms with E-state index in [1.165, 1.54) is 0 Å². The summed E-state index contributed by atoms with van der Waals surface area (Å²) in [5.74, 6) is 0.718. The summed E-state index contributed by atoms with van der Waals surface area (Å²) in [5.41, 5.74) is -0.580. The van der Waals surface area contributed by atoms with E-state index in [0.29, 0.717) is 32.1 Å². The monoisotopic (exact) mass is 474 g/mol. The summed E-state index contributed by atoms with van der Waals surface area (Å²) in [5, 5.41) is 6.02. The minimum Gasteiger partial charge on any atom is -0.356 e. The summed E-state index contributed by atoms with van der Waals surface area (Å²) in [6.07, 6.45) is 0. The number of sulfone groups is 1. The van der Waals surface area contributed by atoms with Gasteiger partial charge in [-0.1, -0.05) is 0 Å². The predicted octanol–water partition coefficient (Wildman–Crippen LogP) is 0.851. The largest absolute Gasteiger partial charge is 0.356 e. The third-order valence-corrected chi connectivity index (χ3v) is 6.73. The Bertz CT molecular complexity index is 573. The van der Waals surface area contributed by atoms with Crippen molar-refractivity contribution in [3.05, 3.63) is 0 Å². The Hall–Kier alpha value is -0.580. The van der Waals surface area contributed by atoms with Gasteiger partial charge in [0, 0.05) is 33.2 Å². The normalized spacial score (nSPS) is 20.1. The van der Waals surface area contributed by atoms with Crippen LogP contribution >= 0.6 is 24.0 Å². The number of aliphatic imine (C=N–C) groups is 1.